The second-order valence-electron chi connectivity index (χ2n) is 9.35. The molecule has 2 aromatic heterocycles. The monoisotopic (exact) mass is 504 g/mol. The van der Waals surface area contributed by atoms with Crippen LogP contribution in [0.4, 0.5) is 8.78 Å². The van der Waals surface area contributed by atoms with Crippen molar-refractivity contribution in [1.29, 1.82) is 0 Å². The molecule has 1 aliphatic rings. The highest BCUT2D eigenvalue weighted by atomic mass is 19.1. The predicted octanol–water partition coefficient (Wildman–Crippen LogP) is 5.67. The van der Waals surface area contributed by atoms with E-state index in [1.165, 1.54) is 18.3 Å². The van der Waals surface area contributed by atoms with Gasteiger partial charge in [0.15, 0.2) is 5.65 Å². The van der Waals surface area contributed by atoms with E-state index in [1.807, 2.05) is 0 Å². The predicted molar refractivity (Wildman–Crippen MR) is 133 cm³/mol. The van der Waals surface area contributed by atoms with Crippen molar-refractivity contribution < 1.29 is 23.5 Å². The van der Waals surface area contributed by atoms with E-state index in [0.717, 1.165) is 43.9 Å². The van der Waals surface area contributed by atoms with Gasteiger partial charge in [0.1, 0.15) is 17.2 Å². The number of hydrogen-bond donors (Lipinski definition) is 2. The van der Waals surface area contributed by atoms with Crippen molar-refractivity contribution in [2.24, 2.45) is 0 Å². The normalized spacial score (nSPS) is 15.0. The fourth-order valence-electron chi connectivity index (χ4n) is 5.02. The molecule has 5 rings (SSSR count). The average Bonchev–Trinajstić information content (AvgIpc) is 3.33. The summed E-state index contributed by atoms with van der Waals surface area (Å²) in [7, 11) is 0. The number of halogens is 2. The van der Waals surface area contributed by atoms with Crippen molar-refractivity contribution in [3.8, 4) is 11.3 Å². The number of aliphatic carboxylic acids is 1. The van der Waals surface area contributed by atoms with Gasteiger partial charge in [-0.2, -0.15) is 5.10 Å². The Balaban J connectivity index is 1.59. The van der Waals surface area contributed by atoms with Gasteiger partial charge >= 0.3 is 5.97 Å². The van der Waals surface area contributed by atoms with E-state index in [2.05, 4.69) is 15.4 Å². The molecule has 7 nitrogen and oxygen atoms in total. The Labute approximate surface area is 212 Å². The average molecular weight is 505 g/mol. The Morgan fingerprint density at radius 1 is 1.05 bits per heavy atom. The molecule has 4 aromatic rings. The minimum absolute atomic E-state index is 0.126. The molecule has 37 heavy (non-hydrogen) atoms. The number of aromatic nitrogens is 3. The largest absolute Gasteiger partial charge is 0.481 e. The first-order valence-corrected chi connectivity index (χ1v) is 12.3. The van der Waals surface area contributed by atoms with Crippen molar-refractivity contribution in [2.75, 3.05) is 0 Å². The summed E-state index contributed by atoms with van der Waals surface area (Å²) >= 11 is 0. The van der Waals surface area contributed by atoms with E-state index in [0.29, 0.717) is 5.56 Å². The van der Waals surface area contributed by atoms with Crippen LogP contribution in [0.2, 0.25) is 0 Å². The molecule has 0 saturated heterocycles. The Kier molecular flexibility index (Phi) is 6.94. The van der Waals surface area contributed by atoms with Crippen molar-refractivity contribution in [3.05, 3.63) is 89.2 Å². The SMILES string of the molecule is O=C(O)C[C@H](NC(=O)c1cnn2c(C3CCCCC3)cc(-c3ccc(F)cc3F)nc12)c1ccccc1. The summed E-state index contributed by atoms with van der Waals surface area (Å²) in [5, 5.41) is 16.7. The molecular weight excluding hydrogens is 478 g/mol. The van der Waals surface area contributed by atoms with Crippen molar-refractivity contribution in [1.82, 2.24) is 19.9 Å². The van der Waals surface area contributed by atoms with Gasteiger partial charge in [-0.05, 0) is 36.6 Å². The van der Waals surface area contributed by atoms with Crippen LogP contribution in [-0.4, -0.2) is 31.6 Å². The highest BCUT2D eigenvalue weighted by Gasteiger charge is 2.26. The van der Waals surface area contributed by atoms with Gasteiger partial charge in [-0.25, -0.2) is 18.3 Å². The van der Waals surface area contributed by atoms with Crippen LogP contribution in [0.5, 0.6) is 0 Å². The summed E-state index contributed by atoms with van der Waals surface area (Å²) in [6.07, 6.45) is 6.20. The Morgan fingerprint density at radius 3 is 2.51 bits per heavy atom. The van der Waals surface area contributed by atoms with E-state index in [1.54, 1.807) is 40.9 Å². The summed E-state index contributed by atoms with van der Waals surface area (Å²) in [5.74, 6) is -2.88. The second kappa shape index (κ2) is 10.5. The zero-order valence-electron chi connectivity index (χ0n) is 20.0. The number of benzene rings is 2. The summed E-state index contributed by atoms with van der Waals surface area (Å²) in [6, 6.07) is 13.2. The zero-order chi connectivity index (χ0) is 25.9. The van der Waals surface area contributed by atoms with E-state index < -0.39 is 29.6 Å². The number of nitrogens with one attached hydrogen (secondary N) is 1. The number of carbonyl (C=O) groups is 2. The van der Waals surface area contributed by atoms with Crippen LogP contribution in [0.25, 0.3) is 16.9 Å². The number of carboxylic acids is 1. The molecule has 2 N–H and O–H groups in total. The molecule has 9 heteroatoms. The number of carbonyl (C=O) groups excluding carboxylic acids is 1. The third-order valence-electron chi connectivity index (χ3n) is 6.86. The molecule has 0 unspecified atom stereocenters. The van der Waals surface area contributed by atoms with Crippen LogP contribution in [-0.2, 0) is 4.79 Å². The van der Waals surface area contributed by atoms with Gasteiger partial charge in [0.05, 0.1) is 24.4 Å². The Morgan fingerprint density at radius 2 is 1.81 bits per heavy atom. The summed E-state index contributed by atoms with van der Waals surface area (Å²) < 4.78 is 29.9. The molecule has 190 valence electrons. The van der Waals surface area contributed by atoms with E-state index in [4.69, 9.17) is 0 Å². The Bertz CT molecular complexity index is 1450. The molecule has 0 radical (unpaired) electrons. The van der Waals surface area contributed by atoms with Crippen molar-refractivity contribution >= 4 is 17.5 Å². The molecular formula is C28H26F2N4O3. The van der Waals surface area contributed by atoms with E-state index in [9.17, 15) is 23.5 Å². The van der Waals surface area contributed by atoms with Gasteiger partial charge in [-0.3, -0.25) is 9.59 Å². The topological polar surface area (TPSA) is 96.6 Å². The van der Waals surface area contributed by atoms with Gasteiger partial charge in [0.2, 0.25) is 0 Å². The van der Waals surface area contributed by atoms with Crippen LogP contribution >= 0.6 is 0 Å². The molecule has 1 atom stereocenters. The van der Waals surface area contributed by atoms with Gasteiger partial charge < -0.3 is 10.4 Å². The van der Waals surface area contributed by atoms with Crippen LogP contribution in [0.15, 0.2) is 60.8 Å². The summed E-state index contributed by atoms with van der Waals surface area (Å²) in [5.41, 5.74) is 2.26. The number of amides is 1. The van der Waals surface area contributed by atoms with Crippen LogP contribution < -0.4 is 5.32 Å². The molecule has 1 aliphatic carbocycles. The smallest absolute Gasteiger partial charge is 0.305 e. The van der Waals surface area contributed by atoms with Crippen molar-refractivity contribution in [2.45, 2.75) is 50.5 Å². The van der Waals surface area contributed by atoms with Gasteiger partial charge in [-0.1, -0.05) is 49.6 Å². The van der Waals surface area contributed by atoms with Crippen LogP contribution in [0.1, 0.15) is 72.1 Å². The number of hydrogen-bond acceptors (Lipinski definition) is 4. The standard InChI is InChI=1S/C28H26F2N4O3/c29-19-11-12-20(22(30)13-19)24-14-25(18-9-5-2-6-10-18)34-27(32-24)21(16-31-34)28(37)33-23(15-26(35)36)17-7-3-1-4-8-17/h1,3-4,7-8,11-14,16,18,23H,2,5-6,9-10,15H2,(H,33,37)(H,35,36)/t23-/m0/s1. The molecule has 1 amide bonds. The fourth-order valence-corrected chi connectivity index (χ4v) is 5.02. The van der Waals surface area contributed by atoms with Gasteiger partial charge in [0.25, 0.3) is 5.91 Å². The fraction of sp³-hybridized carbons (Fsp3) is 0.286. The number of fused-ring (bicyclic) bond motifs is 1. The minimum Gasteiger partial charge on any atom is -0.481 e. The minimum atomic E-state index is -1.05. The summed E-state index contributed by atoms with van der Waals surface area (Å²) in [4.78, 5) is 29.5. The lowest BCUT2D eigenvalue weighted by molar-refractivity contribution is -0.137. The molecule has 2 aromatic carbocycles. The maximum absolute atomic E-state index is 14.7. The quantitative estimate of drug-likeness (QED) is 0.338. The maximum Gasteiger partial charge on any atom is 0.305 e. The number of carboxylic acid groups (broad SMARTS) is 1. The lowest BCUT2D eigenvalue weighted by atomic mass is 9.86. The first-order valence-electron chi connectivity index (χ1n) is 12.3. The first-order chi connectivity index (χ1) is 17.9. The molecule has 0 aliphatic heterocycles. The third-order valence-corrected chi connectivity index (χ3v) is 6.86. The zero-order valence-corrected chi connectivity index (χ0v) is 20.0. The highest BCUT2D eigenvalue weighted by Crippen LogP contribution is 2.35. The van der Waals surface area contributed by atoms with Gasteiger partial charge in [0, 0.05) is 23.2 Å². The lowest BCUT2D eigenvalue weighted by Gasteiger charge is -2.23. The van der Waals surface area contributed by atoms with Crippen LogP contribution in [0.3, 0.4) is 0 Å². The second-order valence-corrected chi connectivity index (χ2v) is 9.35. The third kappa shape index (κ3) is 5.21. The highest BCUT2D eigenvalue weighted by molar-refractivity contribution is 6.00. The Hall–Kier alpha value is -4.14. The molecule has 0 spiro atoms. The maximum atomic E-state index is 14.7. The molecule has 1 fully saturated rings. The van der Waals surface area contributed by atoms with E-state index >= 15 is 0 Å². The number of rotatable bonds is 7. The first kappa shape index (κ1) is 24.5. The lowest BCUT2D eigenvalue weighted by Crippen LogP contribution is -2.30. The van der Waals surface area contributed by atoms with Gasteiger partial charge in [-0.15, -0.1) is 0 Å². The van der Waals surface area contributed by atoms with E-state index in [-0.39, 0.29) is 34.8 Å². The molecule has 2 heterocycles. The molecule has 1 saturated carbocycles. The van der Waals surface area contributed by atoms with Crippen molar-refractivity contribution in [3.63, 3.8) is 0 Å². The summed E-state index contributed by atoms with van der Waals surface area (Å²) in [6.45, 7) is 0. The van der Waals surface area contributed by atoms with Crippen LogP contribution in [0, 0.1) is 11.6 Å². The molecule has 0 bridgehead atoms. The number of nitrogens with zero attached hydrogens (tertiary/aromatic N) is 3.